The molecule has 620 valence electrons. The van der Waals surface area contributed by atoms with E-state index in [-0.39, 0.29) is 76.5 Å². The third-order valence-corrected chi connectivity index (χ3v) is 23.4. The Hall–Kier alpha value is -11.7. The minimum absolute atomic E-state index is 0.0612. The van der Waals surface area contributed by atoms with Crippen LogP contribution in [0.15, 0.2) is 146 Å². The minimum atomic E-state index is -4.22. The highest BCUT2D eigenvalue weighted by Gasteiger charge is 2.49. The molecular weight excluding hydrogens is 1520 g/mol. The number of benzene rings is 6. The van der Waals surface area contributed by atoms with Crippen molar-refractivity contribution in [2.24, 2.45) is 16.7 Å². The van der Waals surface area contributed by atoms with E-state index in [2.05, 4.69) is 67.9 Å². The van der Waals surface area contributed by atoms with Crippen LogP contribution >= 0.6 is 0 Å². The summed E-state index contributed by atoms with van der Waals surface area (Å²) in [5, 5.41) is 54.9. The van der Waals surface area contributed by atoms with Gasteiger partial charge < -0.3 is 66.9 Å². The molecule has 33 heteroatoms. The van der Waals surface area contributed by atoms with Gasteiger partial charge in [-0.05, 0) is 126 Å². The van der Waals surface area contributed by atoms with Gasteiger partial charge in [0, 0.05) is 51.6 Å². The predicted molar refractivity (Wildman–Crippen MR) is 432 cm³/mol. The summed E-state index contributed by atoms with van der Waals surface area (Å²) in [4.78, 5) is 150. The fourth-order valence-electron chi connectivity index (χ4n) is 14.7. The summed E-state index contributed by atoms with van der Waals surface area (Å²) in [6, 6.07) is 25.3. The van der Waals surface area contributed by atoms with Crippen LogP contribution in [0.4, 0.5) is 0 Å². The normalized spacial score (nSPS) is 21.8. The Morgan fingerprint density at radius 2 is 0.940 bits per heavy atom. The smallest absolute Gasteiger partial charge is 0.326 e. The van der Waals surface area contributed by atoms with Gasteiger partial charge in [0.2, 0.25) is 57.3 Å². The number of carbonyl (C=O) groups excluding carboxylic acids is 9. The molecule has 1 aliphatic carbocycles. The zero-order valence-corrected chi connectivity index (χ0v) is 68.0. The maximum Gasteiger partial charge on any atom is 0.326 e. The lowest BCUT2D eigenvalue weighted by molar-refractivity contribution is -0.145. The summed E-state index contributed by atoms with van der Waals surface area (Å²) >= 11 is 0. The minimum Gasteiger partial charge on any atom is -0.487 e. The van der Waals surface area contributed by atoms with Crippen LogP contribution in [0.3, 0.4) is 0 Å². The highest BCUT2D eigenvalue weighted by Crippen LogP contribution is 2.35. The van der Waals surface area contributed by atoms with Crippen molar-refractivity contribution < 1.29 is 70.9 Å². The van der Waals surface area contributed by atoms with E-state index in [1.165, 1.54) is 19.2 Å². The first-order chi connectivity index (χ1) is 55.6. The first-order valence-electron chi connectivity index (χ1n) is 39.4. The summed E-state index contributed by atoms with van der Waals surface area (Å²) in [7, 11) is -1.01. The van der Waals surface area contributed by atoms with Gasteiger partial charge in [-0.25, -0.2) is 22.6 Å². The molecule has 1 saturated carbocycles. The van der Waals surface area contributed by atoms with E-state index in [0.29, 0.717) is 58.0 Å². The molecule has 8 aromatic rings. The van der Waals surface area contributed by atoms with Gasteiger partial charge in [-0.2, -0.15) is 0 Å². The van der Waals surface area contributed by atoms with Gasteiger partial charge in [0.05, 0.1) is 42.3 Å². The van der Waals surface area contributed by atoms with Crippen molar-refractivity contribution in [3.05, 3.63) is 179 Å². The first kappa shape index (κ1) is 84.7. The van der Waals surface area contributed by atoms with Crippen LogP contribution in [0.5, 0.6) is 11.5 Å². The Kier molecular flexibility index (Phi) is 26.2. The van der Waals surface area contributed by atoms with Gasteiger partial charge in [0.1, 0.15) is 84.4 Å². The highest BCUT2D eigenvalue weighted by molar-refractivity contribution is 7.90. The lowest BCUT2D eigenvalue weighted by atomic mass is 9.85. The lowest BCUT2D eigenvalue weighted by Gasteiger charge is -2.36. The second-order valence-corrected chi connectivity index (χ2v) is 34.9. The third-order valence-electron chi connectivity index (χ3n) is 22.0. The van der Waals surface area contributed by atoms with E-state index in [9.17, 15) is 37.5 Å². The van der Waals surface area contributed by atoms with E-state index >= 15 is 24.0 Å². The molecular formula is C84H103N17O15S. The van der Waals surface area contributed by atoms with Crippen LogP contribution in [-0.4, -0.2) is 206 Å². The molecule has 10 N–H and O–H groups in total. The average Bonchev–Trinajstić information content (AvgIpc) is 1.65. The van der Waals surface area contributed by atoms with Crippen molar-refractivity contribution in [2.45, 2.75) is 192 Å². The summed E-state index contributed by atoms with van der Waals surface area (Å²) < 4.78 is 44.9. The number of hydrogen-bond donors (Lipinski definition) is 10. The van der Waals surface area contributed by atoms with E-state index < -0.39 is 152 Å². The molecule has 0 radical (unpaired) electrons. The maximum atomic E-state index is 15.5. The van der Waals surface area contributed by atoms with Crippen LogP contribution in [0.25, 0.3) is 21.5 Å². The molecule has 2 saturated heterocycles. The number of nitrogens with one attached hydrogen (secondary N) is 9. The molecule has 12 unspecified atom stereocenters. The van der Waals surface area contributed by atoms with Crippen LogP contribution in [0.1, 0.15) is 127 Å². The monoisotopic (exact) mass is 1620 g/mol. The second-order valence-electron chi connectivity index (χ2n) is 33.1. The molecule has 3 fully saturated rings. The fraction of sp³-hybridized carbons (Fsp3) is 0.452. The summed E-state index contributed by atoms with van der Waals surface area (Å²) in [6.45, 7) is 13.4. The maximum absolute atomic E-state index is 15.5. The number of carboxylic acid groups (broad SMARTS) is 1. The molecule has 6 aromatic carbocycles. The van der Waals surface area contributed by atoms with E-state index in [1.807, 2.05) is 78.9 Å². The second kappa shape index (κ2) is 36.2. The molecule has 9 amide bonds. The molecule has 12 bridgehead atoms. The number of aromatic nitrogens is 6. The third kappa shape index (κ3) is 21.5. The number of carbonyl (C=O) groups is 10. The van der Waals surface area contributed by atoms with Crippen molar-refractivity contribution in [1.82, 2.24) is 87.0 Å². The zero-order valence-electron chi connectivity index (χ0n) is 67.2. The van der Waals surface area contributed by atoms with Crippen molar-refractivity contribution in [3.8, 4) is 11.5 Å². The lowest BCUT2D eigenvalue weighted by Crippen LogP contribution is -2.61. The number of hydrogen-bond acceptors (Lipinski definition) is 20. The van der Waals surface area contributed by atoms with Crippen molar-refractivity contribution in [2.75, 3.05) is 32.9 Å². The Balaban J connectivity index is 0.891. The molecule has 7 aliphatic rings. The number of amides is 9. The molecule has 0 spiro atoms. The molecule has 15 rings (SSSR count). The SMILES string of the molecule is CNC(C)C(=O)NC(C(=O)N1CC2CC1C(=O)NC(Cc1ccc3ccccc3c1)C(=O)NC(C(=O)O)Cc1ccc(cc1)OCc1cn(nn1)C1CC(C(=O)NC(Cc3ccc4ccccc4c3)C(=O)NC(C(=O)NS(=O)(=O)CC3CC3)Cc3ccc(cc3)OCc3cn2nn3)N(C(=O)C(NC(=O)C(C)NC)C(C)(C)C)C1)C(C)(C)C. The van der Waals surface area contributed by atoms with Gasteiger partial charge in [0.25, 0.3) is 5.91 Å². The van der Waals surface area contributed by atoms with Gasteiger partial charge in [-0.3, -0.25) is 47.9 Å². The molecule has 32 nitrogen and oxygen atoms in total. The van der Waals surface area contributed by atoms with Crippen molar-refractivity contribution in [3.63, 3.8) is 0 Å². The van der Waals surface area contributed by atoms with Gasteiger partial charge >= 0.3 is 5.97 Å². The van der Waals surface area contributed by atoms with Crippen LogP contribution < -0.4 is 56.7 Å². The summed E-state index contributed by atoms with van der Waals surface area (Å²) in [5.74, 6) is -7.60. The molecule has 2 aromatic heterocycles. The number of likely N-dealkylation sites (N-methyl/N-ethyl adjacent to an activating group) is 2. The fourth-order valence-corrected chi connectivity index (χ4v) is 16.2. The summed E-state index contributed by atoms with van der Waals surface area (Å²) in [5.41, 5.74) is 0.974. The van der Waals surface area contributed by atoms with Crippen LogP contribution in [0.2, 0.25) is 0 Å². The summed E-state index contributed by atoms with van der Waals surface area (Å²) in [6.07, 6.45) is 3.64. The van der Waals surface area contributed by atoms with Gasteiger partial charge in [-0.15, -0.1) is 10.2 Å². The number of aliphatic carboxylic acids is 1. The van der Waals surface area contributed by atoms with Gasteiger partial charge in [-0.1, -0.05) is 161 Å². The number of fused-ring (bicyclic) bond motifs is 2. The highest BCUT2D eigenvalue weighted by atomic mass is 32.2. The van der Waals surface area contributed by atoms with Crippen LogP contribution in [0, 0.1) is 16.7 Å². The Labute approximate surface area is 678 Å². The average molecular weight is 1620 g/mol. The first-order valence-corrected chi connectivity index (χ1v) is 41.1. The van der Waals surface area contributed by atoms with E-state index in [1.54, 1.807) is 136 Å². The standard InChI is InChI=1S/C84H103N17O15S/c1-48(85-9)73(102)91-71(83(3,4)5)80(109)98-43-61-39-69(98)78(107)88-65(37-53-21-27-55-15-11-13-17-57(55)33-53)75(104)87-67(77(106)95-117(113,114)47-52-19-20-52)35-50-23-29-63(30-24-50)115-45-59-41-101(96-93-59)62-40-70(99(44-62)81(110)72(84(6,7)8)92-74(103)49(2)86-10)79(108)89-66(38-54-22-28-56-16-12-14-18-58(56)34-54)76(105)90-68(82(111)112)36-51-25-31-64(32-26-51)116-46-60-42-100(61)97-94-60/h11-18,21-34,41-42,48-49,52,61-62,65-72,85-86H,19-20,35-40,43-47H2,1-10H3,(H,87,104)(H,88,107)(H,89,108)(H,90,105)(H,91,102)(H,92,103)(H,95,106)(H,111,112). The topological polar surface area (TPSA) is 420 Å². The number of carboxylic acids is 1. The predicted octanol–water partition coefficient (Wildman–Crippen LogP) is 4.06. The van der Waals surface area contributed by atoms with Crippen LogP contribution in [-0.2, 0) is 96.9 Å². The molecule has 117 heavy (non-hydrogen) atoms. The van der Waals surface area contributed by atoms with Crippen molar-refractivity contribution >= 4 is 90.7 Å². The largest absolute Gasteiger partial charge is 0.487 e. The number of likely N-dealkylation sites (tertiary alicyclic amines) is 2. The molecule has 6 aliphatic heterocycles. The molecule has 8 heterocycles. The van der Waals surface area contributed by atoms with Gasteiger partial charge in [0.15, 0.2) is 0 Å². The molecule has 12 atom stereocenters. The van der Waals surface area contributed by atoms with Crippen molar-refractivity contribution in [1.29, 1.82) is 0 Å². The zero-order chi connectivity index (χ0) is 83.8. The number of ether oxygens (including phenoxy) is 2. The Morgan fingerprint density at radius 1 is 0.538 bits per heavy atom. The number of sulfonamides is 1. The quantitative estimate of drug-likeness (QED) is 0.0614. The van der Waals surface area contributed by atoms with E-state index in [0.717, 1.165) is 21.5 Å². The number of rotatable bonds is 17. The van der Waals surface area contributed by atoms with E-state index in [4.69, 9.17) is 9.47 Å². The number of nitrogens with zero attached hydrogens (tertiary/aromatic N) is 8. The Morgan fingerprint density at radius 3 is 1.33 bits per heavy atom. The Bertz CT molecular complexity index is 5120.